The molecule has 0 amide bonds. The Morgan fingerprint density at radius 2 is 2.00 bits per heavy atom. The maximum Gasteiger partial charge on any atom is 0.131 e. The molecular formula is C15H19N3S. The molecular weight excluding hydrogens is 254 g/mol. The van der Waals surface area contributed by atoms with Crippen LogP contribution >= 0.6 is 11.8 Å². The van der Waals surface area contributed by atoms with E-state index in [4.69, 9.17) is 5.73 Å². The SMILES string of the molecule is CCCc1c(N)ncnc1Sc1cc(C)ccc1C. The maximum atomic E-state index is 5.96. The van der Waals surface area contributed by atoms with Gasteiger partial charge < -0.3 is 5.73 Å². The van der Waals surface area contributed by atoms with Crippen molar-refractivity contribution in [1.29, 1.82) is 0 Å². The van der Waals surface area contributed by atoms with Gasteiger partial charge in [-0.3, -0.25) is 0 Å². The minimum absolute atomic E-state index is 0.602. The molecule has 2 N–H and O–H groups in total. The van der Waals surface area contributed by atoms with Gasteiger partial charge in [-0.1, -0.05) is 37.2 Å². The van der Waals surface area contributed by atoms with E-state index in [1.165, 1.54) is 16.0 Å². The van der Waals surface area contributed by atoms with Crippen molar-refractivity contribution in [2.75, 3.05) is 5.73 Å². The summed E-state index contributed by atoms with van der Waals surface area (Å²) < 4.78 is 0. The van der Waals surface area contributed by atoms with E-state index in [2.05, 4.69) is 48.9 Å². The highest BCUT2D eigenvalue weighted by Crippen LogP contribution is 2.33. The molecule has 0 aliphatic rings. The Hall–Kier alpha value is -1.55. The van der Waals surface area contributed by atoms with Crippen molar-refractivity contribution in [2.24, 2.45) is 0 Å². The fourth-order valence-corrected chi connectivity index (χ4v) is 3.02. The Balaban J connectivity index is 2.37. The van der Waals surface area contributed by atoms with Gasteiger partial charge in [0.25, 0.3) is 0 Å². The molecule has 2 aromatic rings. The van der Waals surface area contributed by atoms with E-state index in [-0.39, 0.29) is 0 Å². The van der Waals surface area contributed by atoms with Gasteiger partial charge in [-0.2, -0.15) is 0 Å². The summed E-state index contributed by atoms with van der Waals surface area (Å²) in [4.78, 5) is 9.72. The molecule has 3 nitrogen and oxygen atoms in total. The molecule has 1 aromatic carbocycles. The lowest BCUT2D eigenvalue weighted by atomic mass is 10.2. The first-order chi connectivity index (χ1) is 9.11. The summed E-state index contributed by atoms with van der Waals surface area (Å²) in [5.74, 6) is 0.602. The topological polar surface area (TPSA) is 51.8 Å². The van der Waals surface area contributed by atoms with Crippen LogP contribution in [0.2, 0.25) is 0 Å². The van der Waals surface area contributed by atoms with Crippen molar-refractivity contribution >= 4 is 17.6 Å². The van der Waals surface area contributed by atoms with Crippen LogP contribution in [0.25, 0.3) is 0 Å². The zero-order chi connectivity index (χ0) is 13.8. The minimum Gasteiger partial charge on any atom is -0.383 e. The van der Waals surface area contributed by atoms with E-state index in [9.17, 15) is 0 Å². The van der Waals surface area contributed by atoms with Gasteiger partial charge in [0.1, 0.15) is 17.2 Å². The number of nitrogen functional groups attached to an aromatic ring is 1. The fraction of sp³-hybridized carbons (Fsp3) is 0.333. The Kier molecular flexibility index (Phi) is 4.43. The molecule has 0 saturated heterocycles. The minimum atomic E-state index is 0.602. The molecule has 0 aliphatic heterocycles. The zero-order valence-electron chi connectivity index (χ0n) is 11.6. The van der Waals surface area contributed by atoms with Crippen molar-refractivity contribution in [3.8, 4) is 0 Å². The predicted octanol–water partition coefficient (Wildman–Crippen LogP) is 3.78. The standard InChI is InChI=1S/C15H19N3S/c1-4-5-12-14(16)17-9-18-15(12)19-13-8-10(2)6-7-11(13)3/h6-9H,4-5H2,1-3H3,(H2,16,17,18). The molecule has 0 unspecified atom stereocenters. The molecule has 0 fully saturated rings. The average Bonchev–Trinajstić information content (AvgIpc) is 2.38. The van der Waals surface area contributed by atoms with Crippen LogP contribution in [-0.2, 0) is 6.42 Å². The van der Waals surface area contributed by atoms with Crippen molar-refractivity contribution in [2.45, 2.75) is 43.5 Å². The highest BCUT2D eigenvalue weighted by Gasteiger charge is 2.11. The van der Waals surface area contributed by atoms with E-state index < -0.39 is 0 Å². The normalized spacial score (nSPS) is 10.7. The zero-order valence-corrected chi connectivity index (χ0v) is 12.4. The van der Waals surface area contributed by atoms with Gasteiger partial charge in [0.05, 0.1) is 0 Å². The third kappa shape index (κ3) is 3.26. The summed E-state index contributed by atoms with van der Waals surface area (Å²) in [5.41, 5.74) is 9.55. The Labute approximate surface area is 118 Å². The molecule has 0 aliphatic carbocycles. The van der Waals surface area contributed by atoms with Crippen molar-refractivity contribution in [1.82, 2.24) is 9.97 Å². The number of aromatic nitrogens is 2. The first-order valence-electron chi connectivity index (χ1n) is 6.46. The van der Waals surface area contributed by atoms with E-state index in [1.54, 1.807) is 18.1 Å². The highest BCUT2D eigenvalue weighted by molar-refractivity contribution is 7.99. The number of benzene rings is 1. The van der Waals surface area contributed by atoms with Crippen LogP contribution in [0.15, 0.2) is 34.4 Å². The molecule has 0 atom stereocenters. The smallest absolute Gasteiger partial charge is 0.131 e. The number of rotatable bonds is 4. The molecule has 0 spiro atoms. The third-order valence-electron chi connectivity index (χ3n) is 2.99. The molecule has 2 rings (SSSR count). The van der Waals surface area contributed by atoms with E-state index >= 15 is 0 Å². The van der Waals surface area contributed by atoms with Crippen molar-refractivity contribution in [3.05, 3.63) is 41.2 Å². The van der Waals surface area contributed by atoms with Gasteiger partial charge in [-0.05, 0) is 37.5 Å². The van der Waals surface area contributed by atoms with E-state index in [1.807, 2.05) is 0 Å². The Morgan fingerprint density at radius 1 is 1.21 bits per heavy atom. The predicted molar refractivity (Wildman–Crippen MR) is 80.5 cm³/mol. The van der Waals surface area contributed by atoms with Crippen LogP contribution in [0, 0.1) is 13.8 Å². The fourth-order valence-electron chi connectivity index (χ4n) is 1.90. The number of hydrogen-bond acceptors (Lipinski definition) is 4. The third-order valence-corrected chi connectivity index (χ3v) is 4.19. The highest BCUT2D eigenvalue weighted by atomic mass is 32.2. The van der Waals surface area contributed by atoms with Gasteiger partial charge in [-0.15, -0.1) is 0 Å². The largest absolute Gasteiger partial charge is 0.383 e. The number of hydrogen-bond donors (Lipinski definition) is 1. The summed E-state index contributed by atoms with van der Waals surface area (Å²) in [6.45, 7) is 6.36. The second-order valence-corrected chi connectivity index (χ2v) is 5.69. The lowest BCUT2D eigenvalue weighted by molar-refractivity contribution is 0.861. The van der Waals surface area contributed by atoms with Crippen LogP contribution in [0.4, 0.5) is 5.82 Å². The van der Waals surface area contributed by atoms with E-state index in [0.29, 0.717) is 5.82 Å². The first kappa shape index (κ1) is 13.9. The summed E-state index contributed by atoms with van der Waals surface area (Å²) in [7, 11) is 0. The second-order valence-electron chi connectivity index (χ2n) is 4.66. The number of nitrogens with zero attached hydrogens (tertiary/aromatic N) is 2. The number of anilines is 1. The van der Waals surface area contributed by atoms with Crippen LogP contribution in [0.1, 0.15) is 30.0 Å². The van der Waals surface area contributed by atoms with Crippen molar-refractivity contribution in [3.63, 3.8) is 0 Å². The van der Waals surface area contributed by atoms with Gasteiger partial charge in [-0.25, -0.2) is 9.97 Å². The molecule has 0 bridgehead atoms. The summed E-state index contributed by atoms with van der Waals surface area (Å²) in [6.07, 6.45) is 3.50. The maximum absolute atomic E-state index is 5.96. The quantitative estimate of drug-likeness (QED) is 0.861. The molecule has 1 aromatic heterocycles. The van der Waals surface area contributed by atoms with E-state index in [0.717, 1.165) is 23.4 Å². The van der Waals surface area contributed by atoms with Crippen LogP contribution < -0.4 is 5.73 Å². The molecule has 4 heteroatoms. The number of nitrogens with two attached hydrogens (primary N) is 1. The molecule has 0 radical (unpaired) electrons. The molecule has 19 heavy (non-hydrogen) atoms. The van der Waals surface area contributed by atoms with Gasteiger partial charge in [0, 0.05) is 10.5 Å². The van der Waals surface area contributed by atoms with Gasteiger partial charge >= 0.3 is 0 Å². The lowest BCUT2D eigenvalue weighted by Crippen LogP contribution is -2.01. The Morgan fingerprint density at radius 3 is 2.74 bits per heavy atom. The summed E-state index contributed by atoms with van der Waals surface area (Å²) in [5, 5.41) is 0.975. The molecule has 0 saturated carbocycles. The Bertz CT molecular complexity index is 582. The van der Waals surface area contributed by atoms with Crippen LogP contribution in [0.3, 0.4) is 0 Å². The van der Waals surface area contributed by atoms with Gasteiger partial charge in [0.15, 0.2) is 0 Å². The molecule has 1 heterocycles. The van der Waals surface area contributed by atoms with Gasteiger partial charge in [0.2, 0.25) is 0 Å². The van der Waals surface area contributed by atoms with Crippen molar-refractivity contribution < 1.29 is 0 Å². The average molecular weight is 273 g/mol. The molecule has 100 valence electrons. The monoisotopic (exact) mass is 273 g/mol. The van der Waals surface area contributed by atoms with Crippen LogP contribution in [-0.4, -0.2) is 9.97 Å². The summed E-state index contributed by atoms with van der Waals surface area (Å²) in [6, 6.07) is 6.45. The summed E-state index contributed by atoms with van der Waals surface area (Å²) >= 11 is 1.68. The first-order valence-corrected chi connectivity index (χ1v) is 7.28. The number of aryl methyl sites for hydroxylation is 2. The lowest BCUT2D eigenvalue weighted by Gasteiger charge is -2.11. The second kappa shape index (κ2) is 6.06. The van der Waals surface area contributed by atoms with Crippen LogP contribution in [0.5, 0.6) is 0 Å².